The number of carboxylic acid groups (broad SMARTS) is 1. The number of likely N-dealkylation sites (tertiary alicyclic amines) is 1. The summed E-state index contributed by atoms with van der Waals surface area (Å²) >= 11 is 0. The number of hydrogen-bond acceptors (Lipinski definition) is 5. The molecule has 2 aliphatic rings. The van der Waals surface area contributed by atoms with Crippen LogP contribution in [0.3, 0.4) is 0 Å². The Kier molecular flexibility index (Phi) is 6.36. The average molecular weight is 403 g/mol. The fraction of sp³-hybridized carbons (Fsp3) is 0.500. The topological polar surface area (TPSA) is 125 Å². The fourth-order valence-corrected chi connectivity index (χ4v) is 4.04. The number of amides is 3. The number of benzene rings is 1. The molecule has 4 atom stereocenters. The van der Waals surface area contributed by atoms with E-state index in [1.807, 2.05) is 30.3 Å². The summed E-state index contributed by atoms with van der Waals surface area (Å²) in [5, 5.41) is 14.9. The summed E-state index contributed by atoms with van der Waals surface area (Å²) in [5.41, 5.74) is 0.959. The maximum absolute atomic E-state index is 12.9. The smallest absolute Gasteiger partial charge is 0.408 e. The van der Waals surface area contributed by atoms with Gasteiger partial charge in [-0.05, 0) is 24.8 Å². The highest BCUT2D eigenvalue weighted by molar-refractivity contribution is 5.90. The second-order valence-electron chi connectivity index (χ2n) is 7.39. The van der Waals surface area contributed by atoms with Crippen LogP contribution in [-0.2, 0) is 19.1 Å². The van der Waals surface area contributed by atoms with Gasteiger partial charge < -0.3 is 20.5 Å². The molecule has 0 aliphatic carbocycles. The summed E-state index contributed by atoms with van der Waals surface area (Å²) in [6.07, 6.45) is -0.178. The predicted octanol–water partition coefficient (Wildman–Crippen LogP) is 0.707. The molecule has 0 bridgehead atoms. The van der Waals surface area contributed by atoms with Crippen LogP contribution in [0.4, 0.5) is 4.79 Å². The second-order valence-corrected chi connectivity index (χ2v) is 7.39. The first-order valence-corrected chi connectivity index (χ1v) is 9.61. The van der Waals surface area contributed by atoms with E-state index in [9.17, 15) is 24.3 Å². The molecule has 0 saturated carbocycles. The van der Waals surface area contributed by atoms with Gasteiger partial charge >= 0.3 is 12.1 Å². The molecule has 156 valence electrons. The predicted molar refractivity (Wildman–Crippen MR) is 102 cm³/mol. The molecule has 1 aromatic rings. The molecule has 29 heavy (non-hydrogen) atoms. The molecular weight excluding hydrogens is 378 g/mol. The summed E-state index contributed by atoms with van der Waals surface area (Å²) in [5.74, 6) is -1.88. The molecule has 2 aliphatic heterocycles. The van der Waals surface area contributed by atoms with E-state index in [0.717, 1.165) is 10.5 Å². The zero-order valence-corrected chi connectivity index (χ0v) is 16.2. The van der Waals surface area contributed by atoms with Gasteiger partial charge in [-0.3, -0.25) is 14.5 Å². The van der Waals surface area contributed by atoms with Crippen LogP contribution in [-0.4, -0.2) is 66.2 Å². The number of carbonyl (C=O) groups is 4. The molecule has 0 radical (unpaired) electrons. The summed E-state index contributed by atoms with van der Waals surface area (Å²) < 4.78 is 4.77. The van der Waals surface area contributed by atoms with E-state index in [1.165, 1.54) is 7.11 Å². The maximum Gasteiger partial charge on any atom is 0.408 e. The molecule has 2 saturated heterocycles. The monoisotopic (exact) mass is 403 g/mol. The van der Waals surface area contributed by atoms with Gasteiger partial charge in [0.05, 0.1) is 7.11 Å². The number of carbonyl (C=O) groups excluding carboxylic acids is 3. The van der Waals surface area contributed by atoms with E-state index >= 15 is 0 Å². The van der Waals surface area contributed by atoms with Crippen molar-refractivity contribution in [1.82, 2.24) is 15.5 Å². The highest BCUT2D eigenvalue weighted by Crippen LogP contribution is 2.32. The van der Waals surface area contributed by atoms with Crippen molar-refractivity contribution >= 4 is 23.9 Å². The van der Waals surface area contributed by atoms with E-state index in [4.69, 9.17) is 4.74 Å². The van der Waals surface area contributed by atoms with Gasteiger partial charge in [0.2, 0.25) is 11.8 Å². The second kappa shape index (κ2) is 8.93. The standard InChI is InChI=1S/C20H25N3O6/c1-29-19(26)15(9-13-7-8-21-17(13)24)22-18(25)16-10-14(11-23(16)20(27)28)12-5-3-2-4-6-12/h2-6,13-16H,7-11H2,1H3,(H,21,24)(H,22,25)(H,27,28)/t13-,14+,15?,16-/m0/s1. The van der Waals surface area contributed by atoms with Crippen LogP contribution in [0.2, 0.25) is 0 Å². The van der Waals surface area contributed by atoms with Crippen molar-refractivity contribution in [3.8, 4) is 0 Å². The zero-order valence-electron chi connectivity index (χ0n) is 16.2. The number of nitrogens with zero attached hydrogens (tertiary/aromatic N) is 1. The Morgan fingerprint density at radius 2 is 2.03 bits per heavy atom. The summed E-state index contributed by atoms with van der Waals surface area (Å²) in [6.45, 7) is 0.727. The maximum atomic E-state index is 12.9. The van der Waals surface area contributed by atoms with Gasteiger partial charge in [0.1, 0.15) is 12.1 Å². The minimum atomic E-state index is -1.19. The molecule has 9 nitrogen and oxygen atoms in total. The van der Waals surface area contributed by atoms with Crippen LogP contribution in [0.1, 0.15) is 30.7 Å². The molecule has 3 rings (SSSR count). The van der Waals surface area contributed by atoms with Crippen molar-refractivity contribution in [2.75, 3.05) is 20.2 Å². The van der Waals surface area contributed by atoms with Gasteiger partial charge in [-0.25, -0.2) is 9.59 Å². The first-order valence-electron chi connectivity index (χ1n) is 9.61. The Hall–Kier alpha value is -3.10. The SMILES string of the molecule is COC(=O)C(C[C@@H]1CCNC1=O)NC(=O)[C@@H]1C[C@@H](c2ccccc2)CN1C(=O)O. The molecule has 2 heterocycles. The van der Waals surface area contributed by atoms with Crippen LogP contribution in [0.5, 0.6) is 0 Å². The molecule has 9 heteroatoms. The van der Waals surface area contributed by atoms with Gasteiger partial charge in [-0.2, -0.15) is 0 Å². The Bertz CT molecular complexity index is 784. The van der Waals surface area contributed by atoms with Gasteiger partial charge in [0, 0.05) is 24.9 Å². The van der Waals surface area contributed by atoms with Crippen molar-refractivity contribution in [3.05, 3.63) is 35.9 Å². The van der Waals surface area contributed by atoms with Crippen LogP contribution in [0.15, 0.2) is 30.3 Å². The molecule has 0 aromatic heterocycles. The highest BCUT2D eigenvalue weighted by Gasteiger charge is 2.42. The van der Waals surface area contributed by atoms with Gasteiger partial charge in [0.15, 0.2) is 0 Å². The highest BCUT2D eigenvalue weighted by atomic mass is 16.5. The molecular formula is C20H25N3O6. The Labute approximate surface area is 168 Å². The molecule has 3 amide bonds. The van der Waals surface area contributed by atoms with Crippen LogP contribution >= 0.6 is 0 Å². The first-order chi connectivity index (χ1) is 13.9. The number of methoxy groups -OCH3 is 1. The molecule has 0 spiro atoms. The van der Waals surface area contributed by atoms with Crippen LogP contribution in [0.25, 0.3) is 0 Å². The number of hydrogen-bond donors (Lipinski definition) is 3. The van der Waals surface area contributed by atoms with Gasteiger partial charge in [0.25, 0.3) is 0 Å². The Morgan fingerprint density at radius 1 is 1.31 bits per heavy atom. The third-order valence-electron chi connectivity index (χ3n) is 5.61. The van der Waals surface area contributed by atoms with Crippen molar-refractivity contribution in [3.63, 3.8) is 0 Å². The van der Waals surface area contributed by atoms with Gasteiger partial charge in [-0.15, -0.1) is 0 Å². The number of ether oxygens (including phenoxy) is 1. The van der Waals surface area contributed by atoms with E-state index in [2.05, 4.69) is 10.6 Å². The average Bonchev–Trinajstić information content (AvgIpc) is 3.34. The summed E-state index contributed by atoms with van der Waals surface area (Å²) in [6, 6.07) is 7.50. The van der Waals surface area contributed by atoms with Crippen molar-refractivity contribution in [2.45, 2.75) is 37.3 Å². The van der Waals surface area contributed by atoms with Crippen molar-refractivity contribution < 1.29 is 29.0 Å². The number of nitrogens with one attached hydrogen (secondary N) is 2. The van der Waals surface area contributed by atoms with E-state index < -0.39 is 36.0 Å². The molecule has 2 fully saturated rings. The third-order valence-corrected chi connectivity index (χ3v) is 5.61. The van der Waals surface area contributed by atoms with E-state index in [1.54, 1.807) is 0 Å². The molecule has 3 N–H and O–H groups in total. The first kappa shape index (κ1) is 20.6. The van der Waals surface area contributed by atoms with Crippen molar-refractivity contribution in [1.29, 1.82) is 0 Å². The number of rotatable bonds is 6. The number of esters is 1. The molecule has 1 unspecified atom stereocenters. The van der Waals surface area contributed by atoms with Gasteiger partial charge in [-0.1, -0.05) is 30.3 Å². The lowest BCUT2D eigenvalue weighted by atomic mass is 9.95. The van der Waals surface area contributed by atoms with E-state index in [0.29, 0.717) is 19.4 Å². The third kappa shape index (κ3) is 4.67. The quantitative estimate of drug-likeness (QED) is 0.601. The molecule has 1 aromatic carbocycles. The zero-order chi connectivity index (χ0) is 21.0. The lowest BCUT2D eigenvalue weighted by Gasteiger charge is -2.24. The normalized spacial score (nSPS) is 24.7. The lowest BCUT2D eigenvalue weighted by molar-refractivity contribution is -0.146. The van der Waals surface area contributed by atoms with E-state index in [-0.39, 0.29) is 24.8 Å². The van der Waals surface area contributed by atoms with Crippen LogP contribution < -0.4 is 10.6 Å². The minimum Gasteiger partial charge on any atom is -0.467 e. The Morgan fingerprint density at radius 3 is 2.62 bits per heavy atom. The van der Waals surface area contributed by atoms with Crippen molar-refractivity contribution in [2.24, 2.45) is 5.92 Å². The summed E-state index contributed by atoms with van der Waals surface area (Å²) in [7, 11) is 1.21. The summed E-state index contributed by atoms with van der Waals surface area (Å²) in [4.78, 5) is 49.7. The minimum absolute atomic E-state index is 0.111. The van der Waals surface area contributed by atoms with Crippen LogP contribution in [0, 0.1) is 5.92 Å². The Balaban J connectivity index is 1.72. The fourth-order valence-electron chi connectivity index (χ4n) is 4.04. The lowest BCUT2D eigenvalue weighted by Crippen LogP contribution is -2.51. The largest absolute Gasteiger partial charge is 0.467 e.